The first-order valence-corrected chi connectivity index (χ1v) is 8.37. The third-order valence-corrected chi connectivity index (χ3v) is 4.75. The molecule has 1 aromatic carbocycles. The van der Waals surface area contributed by atoms with Crippen molar-refractivity contribution >= 4 is 15.9 Å². The topological polar surface area (TPSA) is 98.5 Å². The summed E-state index contributed by atoms with van der Waals surface area (Å²) in [5, 5.41) is 7.93. The number of hydrogen-bond donors (Lipinski definition) is 2. The van der Waals surface area contributed by atoms with Crippen molar-refractivity contribution in [3.05, 3.63) is 29.3 Å². The zero-order valence-corrected chi connectivity index (χ0v) is 12.9. The van der Waals surface area contributed by atoms with Crippen molar-refractivity contribution in [1.82, 2.24) is 5.32 Å². The average Bonchev–Trinajstić information content (AvgIpc) is 2.80. The van der Waals surface area contributed by atoms with Gasteiger partial charge >= 0.3 is 0 Å². The fourth-order valence-electron chi connectivity index (χ4n) is 2.39. The van der Waals surface area contributed by atoms with Crippen LogP contribution < -0.4 is 10.5 Å². The quantitative estimate of drug-likeness (QED) is 0.859. The molecule has 3 N–H and O–H groups in total. The molecule has 6 nitrogen and oxygen atoms in total. The number of nitrogens with two attached hydrogens (primary N) is 1. The summed E-state index contributed by atoms with van der Waals surface area (Å²) < 4.78 is 28.2. The van der Waals surface area contributed by atoms with Crippen LogP contribution in [-0.2, 0) is 14.8 Å². The number of nitrogens with one attached hydrogen (secondary N) is 1. The smallest absolute Gasteiger partial charge is 0.251 e. The Morgan fingerprint density at radius 3 is 2.76 bits per heavy atom. The zero-order valence-electron chi connectivity index (χ0n) is 12.1. The number of benzene rings is 1. The Hall–Kier alpha value is -1.44. The highest BCUT2D eigenvalue weighted by molar-refractivity contribution is 7.89. The molecule has 1 aliphatic rings. The maximum absolute atomic E-state index is 12.2. The van der Waals surface area contributed by atoms with E-state index in [9.17, 15) is 13.2 Å². The van der Waals surface area contributed by atoms with Gasteiger partial charge in [-0.1, -0.05) is 6.07 Å². The molecule has 2 atom stereocenters. The molecule has 0 saturated carbocycles. The number of amides is 1. The zero-order chi connectivity index (χ0) is 15.6. The second-order valence-corrected chi connectivity index (χ2v) is 6.92. The first kappa shape index (κ1) is 15.9. The van der Waals surface area contributed by atoms with Crippen LogP contribution in [0.2, 0.25) is 0 Å². The van der Waals surface area contributed by atoms with E-state index in [4.69, 9.17) is 9.88 Å². The van der Waals surface area contributed by atoms with E-state index in [0.717, 1.165) is 6.42 Å². The molecule has 0 aliphatic carbocycles. The number of aryl methyl sites for hydroxylation is 1. The van der Waals surface area contributed by atoms with Crippen LogP contribution in [0.4, 0.5) is 0 Å². The van der Waals surface area contributed by atoms with Crippen LogP contribution in [0, 0.1) is 12.8 Å². The second-order valence-electron chi connectivity index (χ2n) is 5.36. The first-order chi connectivity index (χ1) is 9.79. The van der Waals surface area contributed by atoms with Crippen molar-refractivity contribution in [1.29, 1.82) is 0 Å². The van der Waals surface area contributed by atoms with E-state index in [1.54, 1.807) is 13.0 Å². The van der Waals surface area contributed by atoms with Crippen LogP contribution >= 0.6 is 0 Å². The van der Waals surface area contributed by atoms with Crippen molar-refractivity contribution in [2.75, 3.05) is 13.2 Å². The maximum atomic E-state index is 12.2. The lowest BCUT2D eigenvalue weighted by Crippen LogP contribution is -2.32. The SMILES string of the molecule is Cc1ccc(S(N)(=O)=O)cc1C(=O)NCC1CCOC1C. The summed E-state index contributed by atoms with van der Waals surface area (Å²) in [7, 11) is -3.81. The summed E-state index contributed by atoms with van der Waals surface area (Å²) in [5.74, 6) is -0.00669. The highest BCUT2D eigenvalue weighted by atomic mass is 32.2. The van der Waals surface area contributed by atoms with E-state index >= 15 is 0 Å². The van der Waals surface area contributed by atoms with E-state index in [1.807, 2.05) is 6.92 Å². The molecule has 1 amide bonds. The minimum atomic E-state index is -3.81. The predicted octanol–water partition coefficient (Wildman–Crippen LogP) is 0.797. The third kappa shape index (κ3) is 3.81. The molecule has 0 spiro atoms. The number of carbonyl (C=O) groups is 1. The molecule has 1 aliphatic heterocycles. The van der Waals surface area contributed by atoms with Crippen molar-refractivity contribution in [3.63, 3.8) is 0 Å². The number of hydrogen-bond acceptors (Lipinski definition) is 4. The van der Waals surface area contributed by atoms with Gasteiger partial charge in [-0.05, 0) is 38.0 Å². The Labute approximate surface area is 124 Å². The third-order valence-electron chi connectivity index (χ3n) is 3.84. The summed E-state index contributed by atoms with van der Waals surface area (Å²) in [4.78, 5) is 12.2. The summed E-state index contributed by atoms with van der Waals surface area (Å²) in [5.41, 5.74) is 1.03. The van der Waals surface area contributed by atoms with Gasteiger partial charge in [-0.25, -0.2) is 13.6 Å². The monoisotopic (exact) mass is 312 g/mol. The fourth-order valence-corrected chi connectivity index (χ4v) is 2.93. The van der Waals surface area contributed by atoms with Crippen LogP contribution in [0.15, 0.2) is 23.1 Å². The highest BCUT2D eigenvalue weighted by Crippen LogP contribution is 2.20. The van der Waals surface area contributed by atoms with Gasteiger partial charge in [-0.15, -0.1) is 0 Å². The largest absolute Gasteiger partial charge is 0.378 e. The summed E-state index contributed by atoms with van der Waals surface area (Å²) in [6.07, 6.45) is 1.04. The highest BCUT2D eigenvalue weighted by Gasteiger charge is 2.25. The molecule has 1 heterocycles. The normalized spacial score (nSPS) is 22.2. The number of sulfonamides is 1. The van der Waals surface area contributed by atoms with Gasteiger partial charge in [-0.2, -0.15) is 0 Å². The molecule has 1 fully saturated rings. The molecule has 0 aromatic heterocycles. The molecule has 1 aromatic rings. The van der Waals surface area contributed by atoms with Crippen molar-refractivity contribution in [3.8, 4) is 0 Å². The predicted molar refractivity (Wildman–Crippen MR) is 78.4 cm³/mol. The van der Waals surface area contributed by atoms with E-state index in [0.29, 0.717) is 24.3 Å². The Balaban J connectivity index is 2.11. The van der Waals surface area contributed by atoms with Crippen LogP contribution in [-0.4, -0.2) is 33.6 Å². The van der Waals surface area contributed by atoms with E-state index in [1.165, 1.54) is 12.1 Å². The van der Waals surface area contributed by atoms with Gasteiger partial charge in [0.1, 0.15) is 0 Å². The number of rotatable bonds is 4. The van der Waals surface area contributed by atoms with Crippen molar-refractivity contribution < 1.29 is 17.9 Å². The minimum Gasteiger partial charge on any atom is -0.378 e. The van der Waals surface area contributed by atoms with Crippen LogP contribution in [0.5, 0.6) is 0 Å². The lowest BCUT2D eigenvalue weighted by molar-refractivity contribution is 0.0906. The van der Waals surface area contributed by atoms with Gasteiger partial charge in [0.15, 0.2) is 0 Å². The van der Waals surface area contributed by atoms with Gasteiger partial charge < -0.3 is 10.1 Å². The molecular formula is C14H20N2O4S. The Bertz CT molecular complexity index is 642. The first-order valence-electron chi connectivity index (χ1n) is 6.82. The number of primary sulfonamides is 1. The van der Waals surface area contributed by atoms with E-state index in [2.05, 4.69) is 5.32 Å². The summed E-state index contributed by atoms with van der Waals surface area (Å²) in [6, 6.07) is 4.29. The van der Waals surface area contributed by atoms with Gasteiger partial charge in [0.05, 0.1) is 11.0 Å². The average molecular weight is 312 g/mol. The Morgan fingerprint density at radius 2 is 2.19 bits per heavy atom. The lowest BCUT2D eigenvalue weighted by Gasteiger charge is -2.15. The summed E-state index contributed by atoms with van der Waals surface area (Å²) >= 11 is 0. The van der Waals surface area contributed by atoms with Crippen LogP contribution in [0.3, 0.4) is 0 Å². The van der Waals surface area contributed by atoms with E-state index < -0.39 is 10.0 Å². The minimum absolute atomic E-state index is 0.0594. The molecule has 7 heteroatoms. The van der Waals surface area contributed by atoms with E-state index in [-0.39, 0.29) is 22.8 Å². The molecular weight excluding hydrogens is 292 g/mol. The standard InChI is InChI=1S/C14H20N2O4S/c1-9-3-4-12(21(15,18)19)7-13(9)14(17)16-8-11-5-6-20-10(11)2/h3-4,7,10-11H,5-6,8H2,1-2H3,(H,16,17)(H2,15,18,19). The molecule has 2 unspecified atom stereocenters. The molecule has 1 saturated heterocycles. The fraction of sp³-hybridized carbons (Fsp3) is 0.500. The van der Waals surface area contributed by atoms with Gasteiger partial charge in [0, 0.05) is 24.6 Å². The van der Waals surface area contributed by atoms with Crippen molar-refractivity contribution in [2.24, 2.45) is 11.1 Å². The molecule has 21 heavy (non-hydrogen) atoms. The van der Waals surface area contributed by atoms with Gasteiger partial charge in [0.25, 0.3) is 5.91 Å². The Morgan fingerprint density at radius 1 is 1.48 bits per heavy atom. The van der Waals surface area contributed by atoms with Gasteiger partial charge in [0.2, 0.25) is 10.0 Å². The molecule has 0 radical (unpaired) electrons. The molecule has 0 bridgehead atoms. The van der Waals surface area contributed by atoms with Crippen LogP contribution in [0.1, 0.15) is 29.3 Å². The number of carbonyl (C=O) groups excluding carboxylic acids is 1. The Kier molecular flexibility index (Phi) is 4.65. The summed E-state index contributed by atoms with van der Waals surface area (Å²) in [6.45, 7) is 4.96. The molecule has 2 rings (SSSR count). The molecule has 116 valence electrons. The van der Waals surface area contributed by atoms with Crippen molar-refractivity contribution in [2.45, 2.75) is 31.3 Å². The number of ether oxygens (including phenoxy) is 1. The lowest BCUT2D eigenvalue weighted by atomic mass is 10.0. The second kappa shape index (κ2) is 6.13. The maximum Gasteiger partial charge on any atom is 0.251 e. The van der Waals surface area contributed by atoms with Crippen LogP contribution in [0.25, 0.3) is 0 Å². The van der Waals surface area contributed by atoms with Gasteiger partial charge in [-0.3, -0.25) is 4.79 Å².